The van der Waals surface area contributed by atoms with Crippen LogP contribution in [0, 0.1) is 0 Å². The van der Waals surface area contributed by atoms with Crippen molar-refractivity contribution in [2.75, 3.05) is 0 Å². The van der Waals surface area contributed by atoms with Crippen LogP contribution < -0.4 is 10.6 Å². The number of rotatable bonds is 5. The average molecular weight is 386 g/mol. The molecule has 0 fully saturated rings. The van der Waals surface area contributed by atoms with E-state index in [2.05, 4.69) is 10.6 Å². The maximum Gasteiger partial charge on any atom is 0.253 e. The summed E-state index contributed by atoms with van der Waals surface area (Å²) in [7, 11) is 0. The summed E-state index contributed by atoms with van der Waals surface area (Å²) in [6, 6.07) is 10.9. The molecule has 2 aromatic carbocycles. The van der Waals surface area contributed by atoms with Crippen LogP contribution in [0.3, 0.4) is 0 Å². The third kappa shape index (κ3) is 4.87. The van der Waals surface area contributed by atoms with Crippen LogP contribution in [0.2, 0.25) is 15.1 Å². The fourth-order valence-corrected chi connectivity index (χ4v) is 2.68. The minimum atomic E-state index is -0.722. The van der Waals surface area contributed by atoms with Gasteiger partial charge in [-0.15, -0.1) is 0 Å². The van der Waals surface area contributed by atoms with Gasteiger partial charge in [0.05, 0.1) is 10.6 Å². The van der Waals surface area contributed by atoms with Gasteiger partial charge in [0.2, 0.25) is 5.91 Å². The van der Waals surface area contributed by atoms with Gasteiger partial charge >= 0.3 is 0 Å². The zero-order valence-electron chi connectivity index (χ0n) is 12.8. The summed E-state index contributed by atoms with van der Waals surface area (Å²) >= 11 is 17.8. The van der Waals surface area contributed by atoms with E-state index in [9.17, 15) is 9.59 Å². The van der Waals surface area contributed by atoms with Gasteiger partial charge in [-0.2, -0.15) is 0 Å². The van der Waals surface area contributed by atoms with Crippen molar-refractivity contribution in [1.82, 2.24) is 10.6 Å². The van der Waals surface area contributed by atoms with Crippen LogP contribution >= 0.6 is 34.8 Å². The number of hydrogen-bond donors (Lipinski definition) is 2. The lowest BCUT2D eigenvalue weighted by Crippen LogP contribution is -2.44. The van der Waals surface area contributed by atoms with Crippen LogP contribution in [0.1, 0.15) is 22.8 Å². The first-order valence-electron chi connectivity index (χ1n) is 7.15. The summed E-state index contributed by atoms with van der Waals surface area (Å²) in [6.45, 7) is 1.83. The number of halogens is 3. The third-order valence-electron chi connectivity index (χ3n) is 3.33. The molecule has 0 spiro atoms. The summed E-state index contributed by atoms with van der Waals surface area (Å²) in [5.41, 5.74) is 1.05. The van der Waals surface area contributed by atoms with Gasteiger partial charge in [0.25, 0.3) is 5.91 Å². The van der Waals surface area contributed by atoms with Crippen LogP contribution in [0.15, 0.2) is 42.5 Å². The molecule has 1 atom stereocenters. The fourth-order valence-electron chi connectivity index (χ4n) is 1.99. The molecule has 7 heteroatoms. The minimum absolute atomic E-state index is 0.237. The van der Waals surface area contributed by atoms with E-state index in [4.69, 9.17) is 34.8 Å². The number of amides is 2. The zero-order valence-corrected chi connectivity index (χ0v) is 15.0. The lowest BCUT2D eigenvalue weighted by molar-refractivity contribution is -0.122. The normalized spacial score (nSPS) is 11.7. The monoisotopic (exact) mass is 384 g/mol. The average Bonchev–Trinajstić information content (AvgIpc) is 2.54. The summed E-state index contributed by atoms with van der Waals surface area (Å²) in [5.74, 6) is -0.741. The number of benzene rings is 2. The molecule has 126 valence electrons. The smallest absolute Gasteiger partial charge is 0.253 e. The quantitative estimate of drug-likeness (QED) is 0.814. The molecule has 0 saturated carbocycles. The maximum absolute atomic E-state index is 12.1. The Labute approximate surface area is 155 Å². The molecule has 0 aliphatic rings. The molecule has 0 heterocycles. The second kappa shape index (κ2) is 8.38. The van der Waals surface area contributed by atoms with Crippen LogP contribution in [0.5, 0.6) is 0 Å². The Morgan fingerprint density at radius 2 is 1.75 bits per heavy atom. The second-order valence-electron chi connectivity index (χ2n) is 5.13. The highest BCUT2D eigenvalue weighted by Crippen LogP contribution is 2.20. The predicted molar refractivity (Wildman–Crippen MR) is 96.7 cm³/mol. The van der Waals surface area contributed by atoms with Crippen LogP contribution in [0.25, 0.3) is 0 Å². The summed E-state index contributed by atoms with van der Waals surface area (Å²) in [4.78, 5) is 24.3. The predicted octanol–water partition coefficient (Wildman–Crippen LogP) is 4.08. The van der Waals surface area contributed by atoms with E-state index in [1.54, 1.807) is 49.4 Å². The van der Waals surface area contributed by atoms with Crippen molar-refractivity contribution in [1.29, 1.82) is 0 Å². The fraction of sp³-hybridized carbons (Fsp3) is 0.176. The highest BCUT2D eigenvalue weighted by molar-refractivity contribution is 6.35. The van der Waals surface area contributed by atoms with Crippen LogP contribution in [0.4, 0.5) is 0 Å². The Kier molecular flexibility index (Phi) is 6.49. The molecule has 0 saturated heterocycles. The molecule has 24 heavy (non-hydrogen) atoms. The first-order valence-corrected chi connectivity index (χ1v) is 8.29. The lowest BCUT2D eigenvalue weighted by Gasteiger charge is -2.15. The van der Waals surface area contributed by atoms with E-state index in [1.165, 1.54) is 0 Å². The SMILES string of the molecule is C[C@H](NC(=O)c1ccccc1Cl)C(=O)NCc1ccc(Cl)cc1Cl. The Morgan fingerprint density at radius 3 is 2.42 bits per heavy atom. The highest BCUT2D eigenvalue weighted by atomic mass is 35.5. The Morgan fingerprint density at radius 1 is 1.04 bits per heavy atom. The topological polar surface area (TPSA) is 58.2 Å². The molecule has 2 rings (SSSR count). The van der Waals surface area contributed by atoms with Gasteiger partial charge in [-0.05, 0) is 36.8 Å². The van der Waals surface area contributed by atoms with Gasteiger partial charge in [0.15, 0.2) is 0 Å². The molecular formula is C17H15Cl3N2O2. The molecule has 0 aromatic heterocycles. The Hall–Kier alpha value is -1.75. The van der Waals surface area contributed by atoms with Crippen molar-refractivity contribution in [3.05, 3.63) is 68.7 Å². The standard InChI is InChI=1S/C17H15Cl3N2O2/c1-10(22-17(24)13-4-2-3-5-14(13)19)16(23)21-9-11-6-7-12(18)8-15(11)20/h2-8,10H,9H2,1H3,(H,21,23)(H,22,24)/t10-/m0/s1. The van der Waals surface area contributed by atoms with Crippen molar-refractivity contribution < 1.29 is 9.59 Å². The molecule has 2 N–H and O–H groups in total. The van der Waals surface area contributed by atoms with Gasteiger partial charge < -0.3 is 10.6 Å². The number of carbonyl (C=O) groups excluding carboxylic acids is 2. The van der Waals surface area contributed by atoms with Crippen molar-refractivity contribution >= 4 is 46.6 Å². The summed E-state index contributed by atoms with van der Waals surface area (Å²) in [5, 5.41) is 6.64. The Bertz CT molecular complexity index is 765. The number of nitrogens with one attached hydrogen (secondary N) is 2. The summed E-state index contributed by atoms with van der Waals surface area (Å²) < 4.78 is 0. The van der Waals surface area contributed by atoms with E-state index in [-0.39, 0.29) is 12.5 Å². The van der Waals surface area contributed by atoms with Crippen molar-refractivity contribution in [2.45, 2.75) is 19.5 Å². The molecule has 4 nitrogen and oxygen atoms in total. The van der Waals surface area contributed by atoms with Gasteiger partial charge in [0.1, 0.15) is 6.04 Å². The number of hydrogen-bond acceptors (Lipinski definition) is 2. The number of carbonyl (C=O) groups is 2. The molecule has 0 radical (unpaired) electrons. The van der Waals surface area contributed by atoms with E-state index < -0.39 is 11.9 Å². The highest BCUT2D eigenvalue weighted by Gasteiger charge is 2.18. The molecule has 0 bridgehead atoms. The van der Waals surface area contributed by atoms with E-state index in [1.807, 2.05) is 0 Å². The molecule has 0 unspecified atom stereocenters. The van der Waals surface area contributed by atoms with E-state index in [0.717, 1.165) is 5.56 Å². The second-order valence-corrected chi connectivity index (χ2v) is 6.38. The van der Waals surface area contributed by atoms with Gasteiger partial charge in [0, 0.05) is 16.6 Å². The van der Waals surface area contributed by atoms with Crippen LogP contribution in [-0.2, 0) is 11.3 Å². The molecular weight excluding hydrogens is 371 g/mol. The third-order valence-corrected chi connectivity index (χ3v) is 4.24. The largest absolute Gasteiger partial charge is 0.350 e. The first-order chi connectivity index (χ1) is 11.4. The molecule has 2 aromatic rings. The van der Waals surface area contributed by atoms with Gasteiger partial charge in [-0.25, -0.2) is 0 Å². The van der Waals surface area contributed by atoms with Crippen LogP contribution in [-0.4, -0.2) is 17.9 Å². The molecule has 0 aliphatic heterocycles. The van der Waals surface area contributed by atoms with Crippen molar-refractivity contribution in [3.8, 4) is 0 Å². The lowest BCUT2D eigenvalue weighted by atomic mass is 10.2. The first kappa shape index (κ1) is 18.6. The maximum atomic E-state index is 12.1. The Balaban J connectivity index is 1.92. The van der Waals surface area contributed by atoms with Gasteiger partial charge in [-0.1, -0.05) is 53.0 Å². The van der Waals surface area contributed by atoms with Gasteiger partial charge in [-0.3, -0.25) is 9.59 Å². The molecule has 2 amide bonds. The summed E-state index contributed by atoms with van der Waals surface area (Å²) in [6.07, 6.45) is 0. The zero-order chi connectivity index (χ0) is 17.7. The van der Waals surface area contributed by atoms with E-state index in [0.29, 0.717) is 20.6 Å². The minimum Gasteiger partial charge on any atom is -0.350 e. The van der Waals surface area contributed by atoms with E-state index >= 15 is 0 Å². The van der Waals surface area contributed by atoms with Crippen molar-refractivity contribution in [3.63, 3.8) is 0 Å². The molecule has 0 aliphatic carbocycles. The van der Waals surface area contributed by atoms with Crippen molar-refractivity contribution in [2.24, 2.45) is 0 Å².